The third-order valence-electron chi connectivity index (χ3n) is 3.50. The number of aromatic nitrogens is 1. The maximum atomic E-state index is 12.4. The van der Waals surface area contributed by atoms with E-state index in [1.54, 1.807) is 0 Å². The number of amides is 1. The van der Waals surface area contributed by atoms with Crippen LogP contribution in [0.4, 0.5) is 5.88 Å². The number of hydrogen-bond donors (Lipinski definition) is 1. The number of likely N-dealkylation sites (N-methyl/N-ethyl adjacent to an activating group) is 1. The van der Waals surface area contributed by atoms with Crippen LogP contribution in [0.3, 0.4) is 0 Å². The van der Waals surface area contributed by atoms with Crippen molar-refractivity contribution in [2.24, 2.45) is 5.92 Å². The Morgan fingerprint density at radius 3 is 2.26 bits per heavy atom. The average Bonchev–Trinajstić information content (AvgIpc) is 2.66. The van der Waals surface area contributed by atoms with E-state index in [0.29, 0.717) is 5.88 Å². The van der Waals surface area contributed by atoms with Crippen molar-refractivity contribution < 1.29 is 9.32 Å². The lowest BCUT2D eigenvalue weighted by Gasteiger charge is -2.31. The molecule has 1 aromatic rings. The molecule has 0 saturated heterocycles. The highest BCUT2D eigenvalue weighted by Crippen LogP contribution is 2.19. The van der Waals surface area contributed by atoms with Crippen LogP contribution < -0.4 is 5.32 Å². The first-order valence-electron chi connectivity index (χ1n) is 6.90. The van der Waals surface area contributed by atoms with E-state index < -0.39 is 0 Å². The molecule has 0 fully saturated rings. The number of aryl methyl sites for hydroxylation is 1. The minimum atomic E-state index is -0.153. The van der Waals surface area contributed by atoms with E-state index in [1.165, 1.54) is 0 Å². The second-order valence-electron chi connectivity index (χ2n) is 5.12. The van der Waals surface area contributed by atoms with Crippen LogP contribution in [0.25, 0.3) is 0 Å². The summed E-state index contributed by atoms with van der Waals surface area (Å²) >= 11 is 0. The molecule has 0 aliphatic heterocycles. The highest BCUT2D eigenvalue weighted by Gasteiger charge is 2.28. The van der Waals surface area contributed by atoms with Crippen molar-refractivity contribution in [3.8, 4) is 0 Å². The molecule has 0 saturated carbocycles. The van der Waals surface area contributed by atoms with E-state index in [1.807, 2.05) is 13.8 Å². The molecule has 1 amide bonds. The topological polar surface area (TPSA) is 58.4 Å². The molecular weight excluding hydrogens is 242 g/mol. The highest BCUT2D eigenvalue weighted by atomic mass is 16.5. The fraction of sp³-hybridized carbons (Fsp3) is 0.714. The lowest BCUT2D eigenvalue weighted by Crippen LogP contribution is -2.47. The molecule has 0 aliphatic rings. The van der Waals surface area contributed by atoms with E-state index in [0.717, 1.165) is 24.3 Å². The molecule has 0 bridgehead atoms. The van der Waals surface area contributed by atoms with Crippen molar-refractivity contribution in [2.45, 2.75) is 47.6 Å². The van der Waals surface area contributed by atoms with E-state index in [9.17, 15) is 4.79 Å². The number of carbonyl (C=O) groups is 1. The number of rotatable bonds is 6. The second kappa shape index (κ2) is 6.70. The first-order chi connectivity index (χ1) is 8.92. The minimum Gasteiger partial charge on any atom is -0.338 e. The number of anilines is 1. The Hall–Kier alpha value is -1.36. The van der Waals surface area contributed by atoms with E-state index >= 15 is 0 Å². The maximum Gasteiger partial charge on any atom is 0.244 e. The summed E-state index contributed by atoms with van der Waals surface area (Å²) in [4.78, 5) is 14.6. The third-order valence-corrected chi connectivity index (χ3v) is 3.50. The summed E-state index contributed by atoms with van der Waals surface area (Å²) in [6.45, 7) is 13.7. The van der Waals surface area contributed by atoms with Gasteiger partial charge in [-0.3, -0.25) is 15.0 Å². The Morgan fingerprint density at radius 1 is 1.32 bits per heavy atom. The van der Waals surface area contributed by atoms with Gasteiger partial charge in [0.25, 0.3) is 0 Å². The number of hydrogen-bond acceptors (Lipinski definition) is 4. The van der Waals surface area contributed by atoms with Crippen LogP contribution in [0.1, 0.15) is 39.0 Å². The summed E-state index contributed by atoms with van der Waals surface area (Å²) in [5.41, 5.74) is 1.69. The second-order valence-corrected chi connectivity index (χ2v) is 5.12. The van der Waals surface area contributed by atoms with Crippen LogP contribution in [0.2, 0.25) is 0 Å². The molecule has 0 radical (unpaired) electrons. The van der Waals surface area contributed by atoms with Gasteiger partial charge in [0.15, 0.2) is 0 Å². The van der Waals surface area contributed by atoms with Gasteiger partial charge in [0.2, 0.25) is 11.8 Å². The van der Waals surface area contributed by atoms with Crippen molar-refractivity contribution >= 4 is 11.8 Å². The minimum absolute atomic E-state index is 0.0297. The van der Waals surface area contributed by atoms with Crippen molar-refractivity contribution in [3.05, 3.63) is 11.3 Å². The summed E-state index contributed by atoms with van der Waals surface area (Å²) in [5, 5.41) is 6.71. The van der Waals surface area contributed by atoms with Crippen molar-refractivity contribution in [3.63, 3.8) is 0 Å². The fourth-order valence-electron chi connectivity index (χ4n) is 2.22. The molecular formula is C14H25N3O2. The third kappa shape index (κ3) is 3.56. The van der Waals surface area contributed by atoms with Gasteiger partial charge in [-0.2, -0.15) is 0 Å². The first kappa shape index (κ1) is 15.7. The predicted molar refractivity (Wildman–Crippen MR) is 76.2 cm³/mol. The van der Waals surface area contributed by atoms with E-state index in [-0.39, 0.29) is 17.9 Å². The molecule has 19 heavy (non-hydrogen) atoms. The van der Waals surface area contributed by atoms with Gasteiger partial charge >= 0.3 is 0 Å². The van der Waals surface area contributed by atoms with Crippen LogP contribution in [0.5, 0.6) is 0 Å². The van der Waals surface area contributed by atoms with Crippen molar-refractivity contribution in [2.75, 3.05) is 18.4 Å². The number of carbonyl (C=O) groups excluding carboxylic acids is 1. The molecule has 1 rings (SSSR count). The largest absolute Gasteiger partial charge is 0.338 e. The van der Waals surface area contributed by atoms with Gasteiger partial charge < -0.3 is 4.52 Å². The molecule has 108 valence electrons. The Balaban J connectivity index is 2.86. The lowest BCUT2D eigenvalue weighted by atomic mass is 10.0. The maximum absolute atomic E-state index is 12.4. The molecule has 1 aromatic heterocycles. The molecule has 0 aromatic carbocycles. The monoisotopic (exact) mass is 267 g/mol. The zero-order valence-electron chi connectivity index (χ0n) is 12.8. The van der Waals surface area contributed by atoms with Crippen molar-refractivity contribution in [1.82, 2.24) is 10.1 Å². The van der Waals surface area contributed by atoms with Crippen molar-refractivity contribution in [1.29, 1.82) is 0 Å². The molecule has 1 heterocycles. The lowest BCUT2D eigenvalue weighted by molar-refractivity contribution is -0.122. The molecule has 1 unspecified atom stereocenters. The van der Waals surface area contributed by atoms with Gasteiger partial charge in [-0.1, -0.05) is 32.9 Å². The van der Waals surface area contributed by atoms with E-state index in [4.69, 9.17) is 4.52 Å². The Morgan fingerprint density at radius 2 is 1.89 bits per heavy atom. The summed E-state index contributed by atoms with van der Waals surface area (Å²) in [6.07, 6.45) is 0. The van der Waals surface area contributed by atoms with Gasteiger partial charge in [0, 0.05) is 5.56 Å². The predicted octanol–water partition coefficient (Wildman–Crippen LogP) is 2.60. The Labute approximate surface area is 115 Å². The van der Waals surface area contributed by atoms with Crippen LogP contribution in [-0.4, -0.2) is 35.1 Å². The fourth-order valence-corrected chi connectivity index (χ4v) is 2.22. The van der Waals surface area contributed by atoms with Gasteiger partial charge in [0.1, 0.15) is 0 Å². The van der Waals surface area contributed by atoms with Gasteiger partial charge in [-0.15, -0.1) is 0 Å². The van der Waals surface area contributed by atoms with Crippen LogP contribution in [0.15, 0.2) is 4.52 Å². The average molecular weight is 267 g/mol. The summed E-state index contributed by atoms with van der Waals surface area (Å²) < 4.78 is 5.14. The number of nitrogens with one attached hydrogen (secondary N) is 1. The summed E-state index contributed by atoms with van der Waals surface area (Å²) in [6, 6.07) is -0.153. The first-order valence-corrected chi connectivity index (χ1v) is 6.90. The van der Waals surface area contributed by atoms with Gasteiger partial charge in [-0.25, -0.2) is 0 Å². The van der Waals surface area contributed by atoms with E-state index in [2.05, 4.69) is 43.1 Å². The quantitative estimate of drug-likeness (QED) is 0.860. The SMILES string of the molecule is CCN(CC)C(C(=O)Nc1onc(C)c1C)C(C)C. The zero-order valence-corrected chi connectivity index (χ0v) is 12.8. The Bertz CT molecular complexity index is 422. The number of nitrogens with zero attached hydrogens (tertiary/aromatic N) is 2. The molecule has 0 spiro atoms. The molecule has 0 aliphatic carbocycles. The zero-order chi connectivity index (χ0) is 14.6. The van der Waals surface area contributed by atoms with Crippen LogP contribution in [-0.2, 0) is 4.79 Å². The van der Waals surface area contributed by atoms with Crippen LogP contribution in [0, 0.1) is 19.8 Å². The summed E-state index contributed by atoms with van der Waals surface area (Å²) in [5.74, 6) is 0.669. The molecule has 5 heteroatoms. The standard InChI is InChI=1S/C14H25N3O2/c1-7-17(8-2)12(9(3)4)13(18)15-14-10(5)11(6)16-19-14/h9,12H,7-8H2,1-6H3,(H,15,18). The molecule has 1 atom stereocenters. The van der Waals surface area contributed by atoms with Gasteiger partial charge in [-0.05, 0) is 32.9 Å². The highest BCUT2D eigenvalue weighted by molar-refractivity contribution is 5.94. The van der Waals surface area contributed by atoms with Gasteiger partial charge in [0.05, 0.1) is 11.7 Å². The summed E-state index contributed by atoms with van der Waals surface area (Å²) in [7, 11) is 0. The molecule has 5 nitrogen and oxygen atoms in total. The normalized spacial score (nSPS) is 13.1. The smallest absolute Gasteiger partial charge is 0.244 e. The van der Waals surface area contributed by atoms with Crippen LogP contribution >= 0.6 is 0 Å². The molecule has 1 N–H and O–H groups in total. The Kier molecular flexibility index (Phi) is 5.54.